The van der Waals surface area contributed by atoms with Gasteiger partial charge in [-0.1, -0.05) is 41.7 Å². The molecule has 0 aliphatic carbocycles. The number of nitrogens with zero attached hydrogens (tertiary/aromatic N) is 2. The van der Waals surface area contributed by atoms with E-state index in [0.717, 1.165) is 17.7 Å². The number of nitrogens with one attached hydrogen (secondary N) is 1. The van der Waals surface area contributed by atoms with Crippen LogP contribution in [0.2, 0.25) is 15.1 Å². The minimum Gasteiger partial charge on any atom is -0.294 e. The maximum atomic E-state index is 6.19. The molecular formula is C12H12Cl3N3. The molecule has 3 nitrogen and oxygen atoms in total. The van der Waals surface area contributed by atoms with Gasteiger partial charge in [0.2, 0.25) is 0 Å². The molecule has 2 rings (SSSR count). The summed E-state index contributed by atoms with van der Waals surface area (Å²) in [4.78, 5) is 4.26. The molecule has 0 aromatic heterocycles. The molecule has 1 aliphatic heterocycles. The number of rotatable bonds is 3. The second-order valence-electron chi connectivity index (χ2n) is 3.77. The molecule has 1 N–H and O–H groups in total. The van der Waals surface area contributed by atoms with Gasteiger partial charge in [-0.25, -0.2) is 5.43 Å². The largest absolute Gasteiger partial charge is 0.294 e. The van der Waals surface area contributed by atoms with Crippen LogP contribution in [0.5, 0.6) is 0 Å². The second-order valence-corrected chi connectivity index (χ2v) is 4.99. The van der Waals surface area contributed by atoms with Crippen molar-refractivity contribution in [3.8, 4) is 0 Å². The first kappa shape index (κ1) is 13.7. The zero-order valence-electron chi connectivity index (χ0n) is 9.75. The van der Waals surface area contributed by atoms with Gasteiger partial charge in [0.15, 0.2) is 0 Å². The van der Waals surface area contributed by atoms with E-state index in [-0.39, 0.29) is 0 Å². The summed E-state index contributed by atoms with van der Waals surface area (Å²) in [5.41, 5.74) is 4.82. The molecule has 1 heterocycles. The van der Waals surface area contributed by atoms with E-state index in [2.05, 4.69) is 10.4 Å². The lowest BCUT2D eigenvalue weighted by molar-refractivity contribution is 0.286. The fourth-order valence-corrected chi connectivity index (χ4v) is 2.38. The zero-order valence-corrected chi connectivity index (χ0v) is 12.0. The SMILES string of the molecule is CCNN1C=C(c2cc(Cl)cc(Cl)c2Cl)C=NC1. The molecule has 0 bridgehead atoms. The highest BCUT2D eigenvalue weighted by Gasteiger charge is 2.13. The first-order valence-corrected chi connectivity index (χ1v) is 6.62. The monoisotopic (exact) mass is 303 g/mol. The van der Waals surface area contributed by atoms with Crippen LogP contribution in [0.3, 0.4) is 0 Å². The molecular weight excluding hydrogens is 293 g/mol. The molecule has 18 heavy (non-hydrogen) atoms. The van der Waals surface area contributed by atoms with Gasteiger partial charge in [0.05, 0.1) is 10.0 Å². The Bertz CT molecular complexity index is 512. The molecule has 0 radical (unpaired) electrons. The Morgan fingerprint density at radius 2 is 2.11 bits per heavy atom. The number of aliphatic imine (C=N–C) groups is 1. The van der Waals surface area contributed by atoms with Gasteiger partial charge in [0.1, 0.15) is 6.67 Å². The summed E-state index contributed by atoms with van der Waals surface area (Å²) in [5, 5.41) is 3.36. The number of hydrogen-bond donors (Lipinski definition) is 1. The van der Waals surface area contributed by atoms with E-state index in [4.69, 9.17) is 34.8 Å². The van der Waals surface area contributed by atoms with Crippen molar-refractivity contribution in [2.45, 2.75) is 6.92 Å². The van der Waals surface area contributed by atoms with Crippen LogP contribution in [0.15, 0.2) is 23.3 Å². The van der Waals surface area contributed by atoms with E-state index in [1.54, 1.807) is 18.3 Å². The van der Waals surface area contributed by atoms with Crippen LogP contribution in [-0.4, -0.2) is 24.4 Å². The van der Waals surface area contributed by atoms with E-state index >= 15 is 0 Å². The van der Waals surface area contributed by atoms with Crippen LogP contribution in [0.4, 0.5) is 0 Å². The predicted octanol–water partition coefficient (Wildman–Crippen LogP) is 3.86. The lowest BCUT2D eigenvalue weighted by atomic mass is 10.1. The Hall–Kier alpha value is -0.740. The fraction of sp³-hybridized carbons (Fsp3) is 0.250. The van der Waals surface area contributed by atoms with Crippen LogP contribution in [0.25, 0.3) is 5.57 Å². The van der Waals surface area contributed by atoms with Crippen LogP contribution in [0.1, 0.15) is 12.5 Å². The molecule has 1 aliphatic rings. The van der Waals surface area contributed by atoms with Crippen LogP contribution in [0, 0.1) is 0 Å². The van der Waals surface area contributed by atoms with Crippen molar-refractivity contribution in [2.75, 3.05) is 13.2 Å². The Kier molecular flexibility index (Phi) is 4.51. The van der Waals surface area contributed by atoms with Gasteiger partial charge in [0.25, 0.3) is 0 Å². The van der Waals surface area contributed by atoms with E-state index in [9.17, 15) is 0 Å². The quantitative estimate of drug-likeness (QED) is 0.859. The third-order valence-electron chi connectivity index (χ3n) is 2.42. The molecule has 0 saturated carbocycles. The van der Waals surface area contributed by atoms with Gasteiger partial charge < -0.3 is 0 Å². The zero-order chi connectivity index (χ0) is 13.1. The van der Waals surface area contributed by atoms with Crippen molar-refractivity contribution in [1.82, 2.24) is 10.4 Å². The molecule has 96 valence electrons. The highest BCUT2D eigenvalue weighted by Crippen LogP contribution is 2.33. The molecule has 0 amide bonds. The van der Waals surface area contributed by atoms with E-state index in [1.165, 1.54) is 0 Å². The van der Waals surface area contributed by atoms with Gasteiger partial charge in [-0.2, -0.15) is 0 Å². The van der Waals surface area contributed by atoms with Gasteiger partial charge in [-0.3, -0.25) is 10.0 Å². The van der Waals surface area contributed by atoms with Crippen molar-refractivity contribution in [2.24, 2.45) is 4.99 Å². The Morgan fingerprint density at radius 3 is 2.83 bits per heavy atom. The third-order valence-corrected chi connectivity index (χ3v) is 3.44. The van der Waals surface area contributed by atoms with Crippen molar-refractivity contribution in [3.63, 3.8) is 0 Å². The van der Waals surface area contributed by atoms with Crippen molar-refractivity contribution in [1.29, 1.82) is 0 Å². The number of allylic oxidation sites excluding steroid dienone is 1. The summed E-state index contributed by atoms with van der Waals surface area (Å²) in [6, 6.07) is 3.40. The number of hydrazine groups is 1. The number of benzene rings is 1. The summed E-state index contributed by atoms with van der Waals surface area (Å²) in [6.07, 6.45) is 3.70. The Morgan fingerprint density at radius 1 is 1.33 bits per heavy atom. The van der Waals surface area contributed by atoms with E-state index < -0.39 is 0 Å². The molecule has 0 unspecified atom stereocenters. The maximum Gasteiger partial charge on any atom is 0.124 e. The van der Waals surface area contributed by atoms with E-state index in [1.807, 2.05) is 18.1 Å². The van der Waals surface area contributed by atoms with Gasteiger partial charge in [-0.05, 0) is 12.1 Å². The summed E-state index contributed by atoms with van der Waals surface area (Å²) in [5.74, 6) is 0. The second kappa shape index (κ2) is 5.93. The average molecular weight is 305 g/mol. The van der Waals surface area contributed by atoms with Crippen molar-refractivity contribution < 1.29 is 0 Å². The highest BCUT2D eigenvalue weighted by atomic mass is 35.5. The molecule has 6 heteroatoms. The predicted molar refractivity (Wildman–Crippen MR) is 78.3 cm³/mol. The Balaban J connectivity index is 2.39. The highest BCUT2D eigenvalue weighted by molar-refractivity contribution is 6.45. The standard InChI is InChI=1S/C12H12Cl3N3/c1-2-17-18-6-8(5-16-7-18)10-3-9(13)4-11(14)12(10)15/h3-6,17H,2,7H2,1H3. The lowest BCUT2D eigenvalue weighted by Crippen LogP contribution is -2.35. The summed E-state index contributed by atoms with van der Waals surface area (Å²) >= 11 is 18.2. The molecule has 0 spiro atoms. The van der Waals surface area contributed by atoms with Crippen LogP contribution >= 0.6 is 34.8 Å². The molecule has 0 atom stereocenters. The summed E-state index contributed by atoms with van der Waals surface area (Å²) in [6.45, 7) is 3.42. The van der Waals surface area contributed by atoms with Crippen LogP contribution in [-0.2, 0) is 0 Å². The van der Waals surface area contributed by atoms with Gasteiger partial charge >= 0.3 is 0 Å². The van der Waals surface area contributed by atoms with Crippen molar-refractivity contribution in [3.05, 3.63) is 39.0 Å². The fourth-order valence-electron chi connectivity index (χ4n) is 1.67. The summed E-state index contributed by atoms with van der Waals surface area (Å²) in [7, 11) is 0. The number of hydrogen-bond acceptors (Lipinski definition) is 3. The molecule has 1 aromatic carbocycles. The van der Waals surface area contributed by atoms with Gasteiger partial charge in [0, 0.05) is 35.1 Å². The normalized spacial score (nSPS) is 14.9. The smallest absolute Gasteiger partial charge is 0.124 e. The number of halogens is 3. The maximum absolute atomic E-state index is 6.19. The minimum atomic E-state index is 0.439. The topological polar surface area (TPSA) is 27.6 Å². The van der Waals surface area contributed by atoms with E-state index in [0.29, 0.717) is 21.7 Å². The van der Waals surface area contributed by atoms with Gasteiger partial charge in [-0.15, -0.1) is 0 Å². The third kappa shape index (κ3) is 2.98. The Labute approximate surface area is 121 Å². The summed E-state index contributed by atoms with van der Waals surface area (Å²) < 4.78 is 0. The first-order valence-electron chi connectivity index (χ1n) is 5.48. The minimum absolute atomic E-state index is 0.439. The molecule has 0 fully saturated rings. The molecule has 1 aromatic rings. The average Bonchev–Trinajstić information content (AvgIpc) is 2.34. The molecule has 0 saturated heterocycles. The van der Waals surface area contributed by atoms with Crippen molar-refractivity contribution >= 4 is 46.6 Å². The van der Waals surface area contributed by atoms with Crippen LogP contribution < -0.4 is 5.43 Å². The lowest BCUT2D eigenvalue weighted by Gasteiger charge is -2.23. The first-order chi connectivity index (χ1) is 8.61.